The highest BCUT2D eigenvalue weighted by Gasteiger charge is 2.35. The van der Waals surface area contributed by atoms with E-state index in [1.165, 1.54) is 4.90 Å². The molecule has 0 saturated carbocycles. The third-order valence-electron chi connectivity index (χ3n) is 5.42. The maximum Gasteiger partial charge on any atom is 0.261 e. The average Bonchev–Trinajstić information content (AvgIpc) is 3.27. The zero-order valence-corrected chi connectivity index (χ0v) is 16.1. The number of amides is 2. The standard InChI is InChI=1S/C22H20N4O3/c1-14-23-10-15-11-25(9-8-20(15)24-14)12-16-6-7-17(29-16)13-26-21(27)18-4-2-3-5-19(18)22(26)28/h2-7,10H,8-9,11-13H2,1H3. The fourth-order valence-corrected chi connectivity index (χ4v) is 3.96. The molecule has 0 saturated heterocycles. The SMILES string of the molecule is Cc1ncc2c(n1)CCN(Cc1ccc(CN3C(=O)c4ccccc4C3=O)o1)C2. The number of fused-ring (bicyclic) bond motifs is 2. The summed E-state index contributed by atoms with van der Waals surface area (Å²) in [5, 5.41) is 0. The first-order valence-electron chi connectivity index (χ1n) is 9.65. The van der Waals surface area contributed by atoms with Gasteiger partial charge >= 0.3 is 0 Å². The van der Waals surface area contributed by atoms with Crippen LogP contribution in [0.3, 0.4) is 0 Å². The number of carbonyl (C=O) groups excluding carboxylic acids is 2. The molecule has 0 radical (unpaired) electrons. The molecule has 2 amide bonds. The molecule has 7 heteroatoms. The highest BCUT2D eigenvalue weighted by atomic mass is 16.3. The summed E-state index contributed by atoms with van der Waals surface area (Å²) < 4.78 is 5.93. The first-order chi connectivity index (χ1) is 14.1. The first kappa shape index (κ1) is 17.8. The fraction of sp³-hybridized carbons (Fsp3) is 0.273. The fourth-order valence-electron chi connectivity index (χ4n) is 3.96. The van der Waals surface area contributed by atoms with Gasteiger partial charge in [-0.15, -0.1) is 0 Å². The number of imide groups is 1. The number of nitrogens with zero attached hydrogens (tertiary/aromatic N) is 4. The van der Waals surface area contributed by atoms with E-state index in [1.54, 1.807) is 24.3 Å². The van der Waals surface area contributed by atoms with E-state index in [2.05, 4.69) is 14.9 Å². The molecule has 1 aromatic carbocycles. The highest BCUT2D eigenvalue weighted by Crippen LogP contribution is 2.25. The summed E-state index contributed by atoms with van der Waals surface area (Å²) in [4.78, 5) is 37.4. The minimum absolute atomic E-state index is 0.141. The zero-order valence-electron chi connectivity index (χ0n) is 16.1. The van der Waals surface area contributed by atoms with Crippen LogP contribution in [0.25, 0.3) is 0 Å². The molecular formula is C22H20N4O3. The highest BCUT2D eigenvalue weighted by molar-refractivity contribution is 6.21. The Bertz CT molecular complexity index is 1090. The van der Waals surface area contributed by atoms with E-state index in [9.17, 15) is 9.59 Å². The molecule has 5 rings (SSSR count). The van der Waals surface area contributed by atoms with E-state index in [1.807, 2.05) is 25.3 Å². The molecule has 0 atom stereocenters. The van der Waals surface area contributed by atoms with Crippen molar-refractivity contribution in [3.05, 3.63) is 82.3 Å². The molecule has 0 aliphatic carbocycles. The quantitative estimate of drug-likeness (QED) is 0.640. The number of hydrogen-bond donors (Lipinski definition) is 0. The molecule has 7 nitrogen and oxygen atoms in total. The molecule has 146 valence electrons. The van der Waals surface area contributed by atoms with E-state index in [4.69, 9.17) is 4.42 Å². The van der Waals surface area contributed by atoms with Gasteiger partial charge in [0.15, 0.2) is 0 Å². The van der Waals surface area contributed by atoms with Crippen molar-refractivity contribution in [3.8, 4) is 0 Å². The summed E-state index contributed by atoms with van der Waals surface area (Å²) in [5.41, 5.74) is 3.18. The summed E-state index contributed by atoms with van der Waals surface area (Å²) in [6.07, 6.45) is 2.79. The number of aromatic nitrogens is 2. The van der Waals surface area contributed by atoms with E-state index in [-0.39, 0.29) is 18.4 Å². The molecule has 29 heavy (non-hydrogen) atoms. The Morgan fingerprint density at radius 1 is 1.00 bits per heavy atom. The predicted molar refractivity (Wildman–Crippen MR) is 104 cm³/mol. The van der Waals surface area contributed by atoms with Gasteiger partial charge in [-0.3, -0.25) is 19.4 Å². The first-order valence-corrected chi connectivity index (χ1v) is 9.65. The Morgan fingerprint density at radius 3 is 2.41 bits per heavy atom. The van der Waals surface area contributed by atoms with Crippen LogP contribution in [0.5, 0.6) is 0 Å². The Labute approximate surface area is 168 Å². The lowest BCUT2D eigenvalue weighted by Crippen LogP contribution is -2.31. The van der Waals surface area contributed by atoms with Crippen LogP contribution in [0.2, 0.25) is 0 Å². The molecule has 2 aliphatic rings. The van der Waals surface area contributed by atoms with Crippen molar-refractivity contribution in [3.63, 3.8) is 0 Å². The smallest absolute Gasteiger partial charge is 0.261 e. The lowest BCUT2D eigenvalue weighted by molar-refractivity contribution is 0.0630. The van der Waals surface area contributed by atoms with Crippen LogP contribution >= 0.6 is 0 Å². The van der Waals surface area contributed by atoms with Crippen LogP contribution in [0.15, 0.2) is 47.0 Å². The van der Waals surface area contributed by atoms with Gasteiger partial charge in [-0.25, -0.2) is 9.97 Å². The second-order valence-electron chi connectivity index (χ2n) is 7.46. The van der Waals surface area contributed by atoms with Gasteiger partial charge in [-0.05, 0) is 31.2 Å². The molecule has 2 aromatic heterocycles. The number of carbonyl (C=O) groups is 2. The molecule has 0 bridgehead atoms. The molecule has 3 aromatic rings. The second-order valence-corrected chi connectivity index (χ2v) is 7.46. The Morgan fingerprint density at radius 2 is 1.69 bits per heavy atom. The van der Waals surface area contributed by atoms with Gasteiger partial charge in [0.1, 0.15) is 17.3 Å². The summed E-state index contributed by atoms with van der Waals surface area (Å²) >= 11 is 0. The molecule has 0 fully saturated rings. The Balaban J connectivity index is 1.26. The van der Waals surface area contributed by atoms with Crippen LogP contribution in [0.1, 0.15) is 49.3 Å². The van der Waals surface area contributed by atoms with Crippen molar-refractivity contribution in [2.24, 2.45) is 0 Å². The third kappa shape index (κ3) is 3.23. The van der Waals surface area contributed by atoms with Gasteiger partial charge in [-0.1, -0.05) is 12.1 Å². The summed E-state index contributed by atoms with van der Waals surface area (Å²) in [7, 11) is 0. The molecule has 2 aliphatic heterocycles. The van der Waals surface area contributed by atoms with Crippen molar-refractivity contribution in [2.75, 3.05) is 6.54 Å². The minimum Gasteiger partial charge on any atom is -0.463 e. The molecule has 0 N–H and O–H groups in total. The van der Waals surface area contributed by atoms with Gasteiger partial charge in [0, 0.05) is 37.0 Å². The summed E-state index contributed by atoms with van der Waals surface area (Å²) in [5.74, 6) is 1.68. The predicted octanol–water partition coefficient (Wildman–Crippen LogP) is 2.73. The lowest BCUT2D eigenvalue weighted by Gasteiger charge is -2.27. The van der Waals surface area contributed by atoms with Gasteiger partial charge in [-0.2, -0.15) is 0 Å². The molecule has 4 heterocycles. The molecule has 0 spiro atoms. The van der Waals surface area contributed by atoms with Crippen LogP contribution in [0, 0.1) is 6.92 Å². The van der Waals surface area contributed by atoms with Gasteiger partial charge in [0.05, 0.1) is 24.2 Å². The maximum atomic E-state index is 12.5. The van der Waals surface area contributed by atoms with Crippen LogP contribution in [0.4, 0.5) is 0 Å². The van der Waals surface area contributed by atoms with Gasteiger partial charge < -0.3 is 4.42 Å². The number of furan rings is 1. The van der Waals surface area contributed by atoms with Crippen molar-refractivity contribution < 1.29 is 14.0 Å². The van der Waals surface area contributed by atoms with Crippen LogP contribution < -0.4 is 0 Å². The lowest BCUT2D eigenvalue weighted by atomic mass is 10.1. The Hall–Kier alpha value is -3.32. The number of benzene rings is 1. The maximum absolute atomic E-state index is 12.5. The number of aryl methyl sites for hydroxylation is 1. The van der Waals surface area contributed by atoms with E-state index >= 15 is 0 Å². The van der Waals surface area contributed by atoms with Crippen LogP contribution in [-0.2, 0) is 26.1 Å². The van der Waals surface area contributed by atoms with Crippen LogP contribution in [-0.4, -0.2) is 38.1 Å². The summed E-state index contributed by atoms with van der Waals surface area (Å²) in [6, 6.07) is 10.6. The Kier molecular flexibility index (Phi) is 4.24. The molecule has 0 unspecified atom stereocenters. The normalized spacial score (nSPS) is 16.2. The van der Waals surface area contributed by atoms with Crippen molar-refractivity contribution in [2.45, 2.75) is 33.0 Å². The largest absolute Gasteiger partial charge is 0.463 e. The van der Waals surface area contributed by atoms with E-state index < -0.39 is 0 Å². The van der Waals surface area contributed by atoms with Crippen molar-refractivity contribution in [1.29, 1.82) is 0 Å². The van der Waals surface area contributed by atoms with Gasteiger partial charge in [0.25, 0.3) is 11.8 Å². The third-order valence-corrected chi connectivity index (χ3v) is 5.42. The zero-order chi connectivity index (χ0) is 20.0. The van der Waals surface area contributed by atoms with Gasteiger partial charge in [0.2, 0.25) is 0 Å². The molecular weight excluding hydrogens is 368 g/mol. The average molecular weight is 388 g/mol. The second kappa shape index (κ2) is 6.93. The van der Waals surface area contributed by atoms with Crippen molar-refractivity contribution in [1.82, 2.24) is 19.8 Å². The van der Waals surface area contributed by atoms with E-state index in [0.717, 1.165) is 42.4 Å². The topological polar surface area (TPSA) is 79.5 Å². The number of rotatable bonds is 4. The summed E-state index contributed by atoms with van der Waals surface area (Å²) in [6.45, 7) is 4.39. The van der Waals surface area contributed by atoms with Crippen molar-refractivity contribution >= 4 is 11.8 Å². The number of hydrogen-bond acceptors (Lipinski definition) is 6. The minimum atomic E-state index is -0.272. The monoisotopic (exact) mass is 388 g/mol. The van der Waals surface area contributed by atoms with E-state index in [0.29, 0.717) is 23.4 Å².